The summed E-state index contributed by atoms with van der Waals surface area (Å²) in [4.78, 5) is 0. The van der Waals surface area contributed by atoms with Crippen molar-refractivity contribution in [1.82, 2.24) is 5.32 Å². The van der Waals surface area contributed by atoms with Gasteiger partial charge in [-0.2, -0.15) is 0 Å². The smallest absolute Gasteiger partial charge is 0.175 e. The van der Waals surface area contributed by atoms with E-state index in [1.54, 1.807) is 13.2 Å². The molecule has 0 atom stereocenters. The van der Waals surface area contributed by atoms with Gasteiger partial charge in [0.1, 0.15) is 6.61 Å². The summed E-state index contributed by atoms with van der Waals surface area (Å²) < 4.78 is 12.0. The SMILES string of the molecule is C=CCOc1c(Br)cc(CNC2CCCCCC2)cc1OC.Cl. The van der Waals surface area contributed by atoms with Gasteiger partial charge in [0.05, 0.1) is 11.6 Å². The molecule has 0 amide bonds. The van der Waals surface area contributed by atoms with Gasteiger partial charge in [0.2, 0.25) is 0 Å². The van der Waals surface area contributed by atoms with Gasteiger partial charge >= 0.3 is 0 Å². The lowest BCUT2D eigenvalue weighted by Gasteiger charge is -2.18. The standard InChI is InChI=1S/C18H26BrNO2.ClH/c1-3-10-22-18-16(19)11-14(12-17(18)21-2)13-20-15-8-6-4-5-7-9-15;/h3,11-12,15,20H,1,4-10,13H2,2H3;1H. The molecule has 0 unspecified atom stereocenters. The van der Waals surface area contributed by atoms with E-state index in [1.165, 1.54) is 44.1 Å². The van der Waals surface area contributed by atoms with Crippen LogP contribution in [0.25, 0.3) is 0 Å². The maximum Gasteiger partial charge on any atom is 0.175 e. The minimum absolute atomic E-state index is 0. The first-order chi connectivity index (χ1) is 10.7. The van der Waals surface area contributed by atoms with Crippen molar-refractivity contribution in [3.05, 3.63) is 34.8 Å². The quantitative estimate of drug-likeness (QED) is 0.497. The monoisotopic (exact) mass is 403 g/mol. The van der Waals surface area contributed by atoms with Crippen molar-refractivity contribution < 1.29 is 9.47 Å². The molecule has 1 aliphatic carbocycles. The van der Waals surface area contributed by atoms with E-state index in [9.17, 15) is 0 Å². The molecule has 0 heterocycles. The molecule has 1 aliphatic rings. The average molecular weight is 405 g/mol. The number of ether oxygens (including phenoxy) is 2. The maximum atomic E-state index is 5.66. The van der Waals surface area contributed by atoms with Crippen molar-refractivity contribution in [2.24, 2.45) is 0 Å². The van der Waals surface area contributed by atoms with E-state index in [-0.39, 0.29) is 12.4 Å². The molecule has 130 valence electrons. The van der Waals surface area contributed by atoms with Crippen LogP contribution in [0.4, 0.5) is 0 Å². The predicted molar refractivity (Wildman–Crippen MR) is 102 cm³/mol. The van der Waals surface area contributed by atoms with E-state index in [1.807, 2.05) is 6.07 Å². The van der Waals surface area contributed by atoms with E-state index in [2.05, 4.69) is 33.9 Å². The zero-order valence-electron chi connectivity index (χ0n) is 13.8. The Hall–Kier alpha value is -0.710. The first kappa shape index (κ1) is 20.3. The van der Waals surface area contributed by atoms with Crippen molar-refractivity contribution in [2.75, 3.05) is 13.7 Å². The summed E-state index contributed by atoms with van der Waals surface area (Å²) in [6.07, 6.45) is 9.77. The molecule has 1 aromatic rings. The fraction of sp³-hybridized carbons (Fsp3) is 0.556. The molecule has 0 radical (unpaired) electrons. The van der Waals surface area contributed by atoms with Crippen LogP contribution in [-0.2, 0) is 6.54 Å². The molecule has 5 heteroatoms. The van der Waals surface area contributed by atoms with Crippen LogP contribution in [0.3, 0.4) is 0 Å². The molecule has 0 saturated heterocycles. The second kappa shape index (κ2) is 11.0. The van der Waals surface area contributed by atoms with Crippen molar-refractivity contribution in [1.29, 1.82) is 0 Å². The van der Waals surface area contributed by atoms with Gasteiger partial charge in [-0.15, -0.1) is 12.4 Å². The second-order valence-electron chi connectivity index (χ2n) is 5.78. The molecule has 0 bridgehead atoms. The average Bonchev–Trinajstić information content (AvgIpc) is 2.80. The van der Waals surface area contributed by atoms with Gasteiger partial charge in [-0.05, 0) is 46.5 Å². The highest BCUT2D eigenvalue weighted by Gasteiger charge is 2.14. The van der Waals surface area contributed by atoms with Gasteiger partial charge in [-0.1, -0.05) is 38.3 Å². The first-order valence-corrected chi connectivity index (χ1v) is 8.87. The Morgan fingerprint density at radius 3 is 2.57 bits per heavy atom. The van der Waals surface area contributed by atoms with E-state index < -0.39 is 0 Å². The second-order valence-corrected chi connectivity index (χ2v) is 6.63. The van der Waals surface area contributed by atoms with Crippen LogP contribution in [-0.4, -0.2) is 19.8 Å². The van der Waals surface area contributed by atoms with Crippen molar-refractivity contribution in [3.8, 4) is 11.5 Å². The van der Waals surface area contributed by atoms with Crippen LogP contribution in [0.1, 0.15) is 44.1 Å². The number of halogens is 2. The lowest BCUT2D eigenvalue weighted by molar-refractivity contribution is 0.324. The number of methoxy groups -OCH3 is 1. The van der Waals surface area contributed by atoms with Gasteiger partial charge < -0.3 is 14.8 Å². The largest absolute Gasteiger partial charge is 0.493 e. The summed E-state index contributed by atoms with van der Waals surface area (Å²) in [5, 5.41) is 3.69. The Bertz CT molecular complexity index is 488. The van der Waals surface area contributed by atoms with Crippen molar-refractivity contribution >= 4 is 28.3 Å². The minimum atomic E-state index is 0. The van der Waals surface area contributed by atoms with Crippen LogP contribution in [0.2, 0.25) is 0 Å². The van der Waals surface area contributed by atoms with Crippen molar-refractivity contribution in [3.63, 3.8) is 0 Å². The van der Waals surface area contributed by atoms with E-state index in [0.717, 1.165) is 22.5 Å². The normalized spacial score (nSPS) is 15.4. The fourth-order valence-electron chi connectivity index (χ4n) is 2.90. The third-order valence-electron chi connectivity index (χ3n) is 4.08. The molecule has 1 saturated carbocycles. The summed E-state index contributed by atoms with van der Waals surface area (Å²) in [5.74, 6) is 1.49. The molecule has 0 aliphatic heterocycles. The number of benzene rings is 1. The van der Waals surface area contributed by atoms with Gasteiger partial charge in [-0.3, -0.25) is 0 Å². The van der Waals surface area contributed by atoms with Crippen LogP contribution in [0, 0.1) is 0 Å². The molecular formula is C18H27BrClNO2. The Labute approximate surface area is 154 Å². The number of nitrogens with one attached hydrogen (secondary N) is 1. The minimum Gasteiger partial charge on any atom is -0.493 e. The van der Waals surface area contributed by atoms with Crippen LogP contribution in [0.5, 0.6) is 11.5 Å². The predicted octanol–water partition coefficient (Wildman–Crippen LogP) is 5.26. The molecular weight excluding hydrogens is 378 g/mol. The van der Waals surface area contributed by atoms with E-state index in [0.29, 0.717) is 12.6 Å². The van der Waals surface area contributed by atoms with Crippen molar-refractivity contribution in [2.45, 2.75) is 51.1 Å². The Kier molecular flexibility index (Phi) is 9.68. The lowest BCUT2D eigenvalue weighted by atomic mass is 10.1. The molecule has 1 aromatic carbocycles. The van der Waals surface area contributed by atoms with Crippen LogP contribution < -0.4 is 14.8 Å². The third-order valence-corrected chi connectivity index (χ3v) is 4.67. The molecule has 23 heavy (non-hydrogen) atoms. The third kappa shape index (κ3) is 6.36. The zero-order valence-corrected chi connectivity index (χ0v) is 16.2. The first-order valence-electron chi connectivity index (χ1n) is 8.08. The Morgan fingerprint density at radius 2 is 1.96 bits per heavy atom. The highest BCUT2D eigenvalue weighted by atomic mass is 79.9. The van der Waals surface area contributed by atoms with Gasteiger partial charge in [0.15, 0.2) is 11.5 Å². The molecule has 0 aromatic heterocycles. The van der Waals surface area contributed by atoms with Gasteiger partial charge in [0.25, 0.3) is 0 Å². The molecule has 3 nitrogen and oxygen atoms in total. The van der Waals surface area contributed by atoms with E-state index >= 15 is 0 Å². The molecule has 0 spiro atoms. The highest BCUT2D eigenvalue weighted by Crippen LogP contribution is 2.36. The molecule has 2 rings (SSSR count). The zero-order chi connectivity index (χ0) is 15.8. The number of hydrogen-bond donors (Lipinski definition) is 1. The topological polar surface area (TPSA) is 30.5 Å². The highest BCUT2D eigenvalue weighted by molar-refractivity contribution is 9.10. The Balaban J connectivity index is 0.00000264. The van der Waals surface area contributed by atoms with Crippen LogP contribution in [0.15, 0.2) is 29.3 Å². The van der Waals surface area contributed by atoms with Gasteiger partial charge in [0, 0.05) is 12.6 Å². The molecule has 1 fully saturated rings. The van der Waals surface area contributed by atoms with Crippen LogP contribution >= 0.6 is 28.3 Å². The fourth-order valence-corrected chi connectivity index (χ4v) is 3.51. The number of hydrogen-bond acceptors (Lipinski definition) is 3. The van der Waals surface area contributed by atoms with Gasteiger partial charge in [-0.25, -0.2) is 0 Å². The summed E-state index contributed by atoms with van der Waals surface area (Å²) in [5.41, 5.74) is 1.21. The summed E-state index contributed by atoms with van der Waals surface area (Å²) >= 11 is 3.58. The summed E-state index contributed by atoms with van der Waals surface area (Å²) in [6, 6.07) is 4.79. The number of rotatable bonds is 7. The summed E-state index contributed by atoms with van der Waals surface area (Å²) in [7, 11) is 1.67. The Morgan fingerprint density at radius 1 is 1.26 bits per heavy atom. The maximum absolute atomic E-state index is 5.66. The molecule has 1 N–H and O–H groups in total. The van der Waals surface area contributed by atoms with E-state index in [4.69, 9.17) is 9.47 Å². The summed E-state index contributed by atoms with van der Waals surface area (Å²) in [6.45, 7) is 5.01. The lowest BCUT2D eigenvalue weighted by Crippen LogP contribution is -2.27.